The fourth-order valence-electron chi connectivity index (χ4n) is 2.76. The summed E-state index contributed by atoms with van der Waals surface area (Å²) in [5, 5.41) is 3.30. The van der Waals surface area contributed by atoms with Gasteiger partial charge in [0.15, 0.2) is 0 Å². The van der Waals surface area contributed by atoms with Gasteiger partial charge >= 0.3 is 0 Å². The molecule has 1 saturated heterocycles. The van der Waals surface area contributed by atoms with Gasteiger partial charge in [-0.25, -0.2) is 0 Å². The van der Waals surface area contributed by atoms with E-state index in [1.54, 1.807) is 0 Å². The Kier molecular flexibility index (Phi) is 7.97. The number of hydrogen-bond donors (Lipinski definition) is 1. The zero-order chi connectivity index (χ0) is 13.5. The highest BCUT2D eigenvalue weighted by Gasteiger charge is 2.23. The molecule has 20 heavy (non-hydrogen) atoms. The van der Waals surface area contributed by atoms with Crippen LogP contribution in [0.15, 0.2) is 24.3 Å². The number of nitrogens with one attached hydrogen (secondary N) is 1. The third-order valence-corrected chi connectivity index (χ3v) is 3.70. The first kappa shape index (κ1) is 17.3. The number of nitrogens with zero attached hydrogens (tertiary/aromatic N) is 1. The standard InChI is InChI=1S/C16H26N2O.ClH/c1-3-10-19-16-8-4-6-14(11-16)13-18-9-5-7-15(18)12-17-2;/h4,6,8,11,15,17H,3,5,7,9-10,12-13H2,1-2H3;1H. The maximum atomic E-state index is 5.70. The van der Waals surface area contributed by atoms with Crippen molar-refractivity contribution in [1.29, 1.82) is 0 Å². The molecule has 1 N–H and O–H groups in total. The van der Waals surface area contributed by atoms with Gasteiger partial charge in [0.1, 0.15) is 5.75 Å². The lowest BCUT2D eigenvalue weighted by molar-refractivity contribution is 0.241. The molecule has 3 nitrogen and oxygen atoms in total. The Morgan fingerprint density at radius 1 is 1.40 bits per heavy atom. The molecule has 0 aromatic heterocycles. The number of halogens is 1. The normalized spacial score (nSPS) is 18.8. The summed E-state index contributed by atoms with van der Waals surface area (Å²) in [6.07, 6.45) is 3.69. The van der Waals surface area contributed by atoms with E-state index in [0.29, 0.717) is 6.04 Å². The van der Waals surface area contributed by atoms with Crippen LogP contribution in [-0.2, 0) is 6.54 Å². The van der Waals surface area contributed by atoms with Gasteiger partial charge in [0.25, 0.3) is 0 Å². The van der Waals surface area contributed by atoms with Crippen molar-refractivity contribution in [3.63, 3.8) is 0 Å². The molecule has 2 rings (SSSR count). The second-order valence-corrected chi connectivity index (χ2v) is 5.32. The Bertz CT molecular complexity index is 386. The second kappa shape index (κ2) is 9.22. The van der Waals surface area contributed by atoms with Gasteiger partial charge < -0.3 is 10.1 Å². The largest absolute Gasteiger partial charge is 0.494 e. The first-order chi connectivity index (χ1) is 9.33. The maximum absolute atomic E-state index is 5.70. The maximum Gasteiger partial charge on any atom is 0.119 e. The van der Waals surface area contributed by atoms with Crippen LogP contribution >= 0.6 is 12.4 Å². The highest BCUT2D eigenvalue weighted by atomic mass is 35.5. The van der Waals surface area contributed by atoms with Gasteiger partial charge in [-0.15, -0.1) is 12.4 Å². The Labute approximate surface area is 129 Å². The van der Waals surface area contributed by atoms with E-state index in [-0.39, 0.29) is 12.4 Å². The minimum atomic E-state index is 0. The monoisotopic (exact) mass is 298 g/mol. The predicted molar refractivity (Wildman–Crippen MR) is 86.8 cm³/mol. The van der Waals surface area contributed by atoms with Gasteiger partial charge in [-0.1, -0.05) is 19.1 Å². The molecule has 0 spiro atoms. The Morgan fingerprint density at radius 3 is 3.00 bits per heavy atom. The molecule has 0 amide bonds. The summed E-state index contributed by atoms with van der Waals surface area (Å²) in [6.45, 7) is 6.28. The molecule has 114 valence electrons. The summed E-state index contributed by atoms with van der Waals surface area (Å²) in [6, 6.07) is 9.22. The van der Waals surface area contributed by atoms with Crippen LogP contribution in [0.4, 0.5) is 0 Å². The second-order valence-electron chi connectivity index (χ2n) is 5.32. The van der Waals surface area contributed by atoms with Gasteiger partial charge in [0.05, 0.1) is 6.61 Å². The quantitative estimate of drug-likeness (QED) is 0.837. The van der Waals surface area contributed by atoms with Crippen LogP contribution in [0.25, 0.3) is 0 Å². The van der Waals surface area contributed by atoms with Crippen LogP contribution in [0.2, 0.25) is 0 Å². The fraction of sp³-hybridized carbons (Fsp3) is 0.625. The van der Waals surface area contributed by atoms with E-state index in [9.17, 15) is 0 Å². The number of likely N-dealkylation sites (tertiary alicyclic amines) is 1. The highest BCUT2D eigenvalue weighted by molar-refractivity contribution is 5.85. The van der Waals surface area contributed by atoms with Gasteiger partial charge in [0, 0.05) is 19.1 Å². The van der Waals surface area contributed by atoms with Gasteiger partial charge in [-0.05, 0) is 50.6 Å². The van der Waals surface area contributed by atoms with Crippen LogP contribution in [0, 0.1) is 0 Å². The van der Waals surface area contributed by atoms with Crippen molar-refractivity contribution in [1.82, 2.24) is 10.2 Å². The van der Waals surface area contributed by atoms with Crippen molar-refractivity contribution >= 4 is 12.4 Å². The van der Waals surface area contributed by atoms with Crippen LogP contribution in [0.5, 0.6) is 5.75 Å². The van der Waals surface area contributed by atoms with E-state index in [0.717, 1.165) is 31.9 Å². The van der Waals surface area contributed by atoms with Crippen LogP contribution < -0.4 is 10.1 Å². The molecule has 0 bridgehead atoms. The molecule has 1 fully saturated rings. The molecular formula is C16H27ClN2O. The minimum absolute atomic E-state index is 0. The van der Waals surface area contributed by atoms with E-state index < -0.39 is 0 Å². The number of likely N-dealkylation sites (N-methyl/N-ethyl adjacent to an activating group) is 1. The number of ether oxygens (including phenoxy) is 1. The van der Waals surface area contributed by atoms with Gasteiger partial charge in [-0.3, -0.25) is 4.90 Å². The van der Waals surface area contributed by atoms with E-state index in [4.69, 9.17) is 4.74 Å². The van der Waals surface area contributed by atoms with E-state index in [1.165, 1.54) is 24.9 Å². The summed E-state index contributed by atoms with van der Waals surface area (Å²) < 4.78 is 5.70. The van der Waals surface area contributed by atoms with Crippen molar-refractivity contribution in [2.75, 3.05) is 26.7 Å². The van der Waals surface area contributed by atoms with Crippen LogP contribution in [0.3, 0.4) is 0 Å². The highest BCUT2D eigenvalue weighted by Crippen LogP contribution is 2.21. The summed E-state index contributed by atoms with van der Waals surface area (Å²) in [7, 11) is 2.04. The molecule has 0 saturated carbocycles. The summed E-state index contributed by atoms with van der Waals surface area (Å²) in [5.74, 6) is 1.00. The van der Waals surface area contributed by atoms with E-state index in [1.807, 2.05) is 13.1 Å². The summed E-state index contributed by atoms with van der Waals surface area (Å²) in [4.78, 5) is 2.58. The predicted octanol–water partition coefficient (Wildman–Crippen LogP) is 3.08. The fourth-order valence-corrected chi connectivity index (χ4v) is 2.76. The van der Waals surface area contributed by atoms with Crippen LogP contribution in [0.1, 0.15) is 31.7 Å². The summed E-state index contributed by atoms with van der Waals surface area (Å²) >= 11 is 0. The lowest BCUT2D eigenvalue weighted by Gasteiger charge is -2.24. The van der Waals surface area contributed by atoms with Crippen molar-refractivity contribution in [3.05, 3.63) is 29.8 Å². The Balaban J connectivity index is 0.00000200. The summed E-state index contributed by atoms with van der Waals surface area (Å²) in [5.41, 5.74) is 1.36. The average molecular weight is 299 g/mol. The zero-order valence-electron chi connectivity index (χ0n) is 12.6. The van der Waals surface area contributed by atoms with Crippen molar-refractivity contribution < 1.29 is 4.74 Å². The lowest BCUT2D eigenvalue weighted by Crippen LogP contribution is -2.36. The first-order valence-corrected chi connectivity index (χ1v) is 7.44. The Morgan fingerprint density at radius 2 is 2.25 bits per heavy atom. The first-order valence-electron chi connectivity index (χ1n) is 7.44. The molecule has 1 aromatic carbocycles. The topological polar surface area (TPSA) is 24.5 Å². The van der Waals surface area contributed by atoms with Crippen molar-refractivity contribution in [2.45, 2.75) is 38.8 Å². The molecule has 1 aliphatic rings. The molecule has 0 radical (unpaired) electrons. The van der Waals surface area contributed by atoms with Crippen molar-refractivity contribution in [2.24, 2.45) is 0 Å². The molecule has 0 aliphatic carbocycles. The van der Waals surface area contributed by atoms with Crippen LogP contribution in [-0.4, -0.2) is 37.7 Å². The minimum Gasteiger partial charge on any atom is -0.494 e. The van der Waals surface area contributed by atoms with E-state index >= 15 is 0 Å². The molecule has 1 aromatic rings. The smallest absolute Gasteiger partial charge is 0.119 e. The number of benzene rings is 1. The molecule has 1 aliphatic heterocycles. The molecule has 4 heteroatoms. The Hall–Kier alpha value is -0.770. The zero-order valence-corrected chi connectivity index (χ0v) is 13.4. The SMILES string of the molecule is CCCOc1cccc(CN2CCCC2CNC)c1.Cl. The van der Waals surface area contributed by atoms with Gasteiger partial charge in [0.2, 0.25) is 0 Å². The molecule has 1 atom stereocenters. The molecular weight excluding hydrogens is 272 g/mol. The third-order valence-electron chi connectivity index (χ3n) is 3.70. The van der Waals surface area contributed by atoms with Gasteiger partial charge in [-0.2, -0.15) is 0 Å². The molecule has 1 heterocycles. The lowest BCUT2D eigenvalue weighted by atomic mass is 10.1. The number of hydrogen-bond acceptors (Lipinski definition) is 3. The molecule has 1 unspecified atom stereocenters. The number of rotatable bonds is 7. The third kappa shape index (κ3) is 4.97. The van der Waals surface area contributed by atoms with E-state index in [2.05, 4.69) is 35.3 Å². The average Bonchev–Trinajstić information content (AvgIpc) is 2.85. The van der Waals surface area contributed by atoms with Crippen molar-refractivity contribution in [3.8, 4) is 5.75 Å².